The van der Waals surface area contributed by atoms with E-state index >= 15 is 0 Å². The first kappa shape index (κ1) is 12.9. The Labute approximate surface area is 99.2 Å². The largest absolute Gasteiger partial charge is 0.328 e. The Morgan fingerprint density at radius 3 is 2.67 bits per heavy atom. The SMILES string of the molecule is CCCCC(CC)C[N+]1(Cl)C=CN(C)C1. The Morgan fingerprint density at radius 1 is 1.47 bits per heavy atom. The molecule has 2 unspecified atom stereocenters. The van der Waals surface area contributed by atoms with E-state index < -0.39 is 0 Å². The molecule has 2 nitrogen and oxygen atoms in total. The Hall–Kier alpha value is -0.210. The Balaban J connectivity index is 2.40. The third-order valence-electron chi connectivity index (χ3n) is 3.15. The first-order chi connectivity index (χ1) is 7.09. The van der Waals surface area contributed by atoms with Gasteiger partial charge in [0.15, 0.2) is 18.4 Å². The van der Waals surface area contributed by atoms with E-state index in [1.165, 1.54) is 25.7 Å². The van der Waals surface area contributed by atoms with Gasteiger partial charge in [0.1, 0.15) is 12.7 Å². The van der Waals surface area contributed by atoms with Gasteiger partial charge in [0, 0.05) is 13.0 Å². The fourth-order valence-electron chi connectivity index (χ4n) is 2.16. The van der Waals surface area contributed by atoms with E-state index in [0.29, 0.717) is 4.00 Å². The van der Waals surface area contributed by atoms with E-state index in [0.717, 1.165) is 19.1 Å². The summed E-state index contributed by atoms with van der Waals surface area (Å²) in [4.78, 5) is 2.15. The first-order valence-corrected chi connectivity index (χ1v) is 6.39. The zero-order valence-corrected chi connectivity index (χ0v) is 11.0. The second kappa shape index (κ2) is 5.76. The maximum atomic E-state index is 6.53. The summed E-state index contributed by atoms with van der Waals surface area (Å²) < 4.78 is 0.568. The van der Waals surface area contributed by atoms with Crippen molar-refractivity contribution in [1.29, 1.82) is 0 Å². The van der Waals surface area contributed by atoms with Crippen LogP contribution in [0, 0.1) is 5.92 Å². The summed E-state index contributed by atoms with van der Waals surface area (Å²) in [5, 5.41) is 0. The van der Waals surface area contributed by atoms with Crippen molar-refractivity contribution in [3.05, 3.63) is 12.4 Å². The highest BCUT2D eigenvalue weighted by atomic mass is 35.5. The highest BCUT2D eigenvalue weighted by Crippen LogP contribution is 2.26. The van der Waals surface area contributed by atoms with Crippen LogP contribution in [0.5, 0.6) is 0 Å². The minimum atomic E-state index is 0.568. The Bertz CT molecular complexity index is 218. The summed E-state index contributed by atoms with van der Waals surface area (Å²) >= 11 is 6.53. The Kier molecular flexibility index (Phi) is 4.94. The quantitative estimate of drug-likeness (QED) is 0.632. The molecule has 0 radical (unpaired) electrons. The molecule has 0 saturated carbocycles. The third kappa shape index (κ3) is 4.04. The van der Waals surface area contributed by atoms with Crippen molar-refractivity contribution in [3.63, 3.8) is 0 Å². The lowest BCUT2D eigenvalue weighted by molar-refractivity contribution is -0.767. The minimum Gasteiger partial charge on any atom is -0.328 e. The smallest absolute Gasteiger partial charge is 0.175 e. The summed E-state index contributed by atoms with van der Waals surface area (Å²) in [6.07, 6.45) is 9.36. The summed E-state index contributed by atoms with van der Waals surface area (Å²) in [5.74, 6) is 0.763. The molecule has 0 aromatic carbocycles. The summed E-state index contributed by atoms with van der Waals surface area (Å²) in [5.41, 5.74) is 0. The van der Waals surface area contributed by atoms with Gasteiger partial charge < -0.3 is 4.90 Å². The molecule has 0 aliphatic carbocycles. The van der Waals surface area contributed by atoms with Crippen LogP contribution in [0.25, 0.3) is 0 Å². The van der Waals surface area contributed by atoms with Gasteiger partial charge in [-0.25, -0.2) is 0 Å². The van der Waals surface area contributed by atoms with Crippen LogP contribution in [0.4, 0.5) is 0 Å². The zero-order chi connectivity index (χ0) is 11.3. The van der Waals surface area contributed by atoms with Crippen molar-refractivity contribution in [1.82, 2.24) is 4.90 Å². The fourth-order valence-corrected chi connectivity index (χ4v) is 2.58. The van der Waals surface area contributed by atoms with Crippen LogP contribution in [0.15, 0.2) is 12.4 Å². The molecule has 0 N–H and O–H groups in total. The van der Waals surface area contributed by atoms with Gasteiger partial charge in [0.2, 0.25) is 0 Å². The molecule has 0 amide bonds. The average Bonchev–Trinajstić information content (AvgIpc) is 2.53. The van der Waals surface area contributed by atoms with Crippen LogP contribution < -0.4 is 0 Å². The molecule has 1 aliphatic heterocycles. The van der Waals surface area contributed by atoms with E-state index in [4.69, 9.17) is 11.8 Å². The Morgan fingerprint density at radius 2 is 2.20 bits per heavy atom. The van der Waals surface area contributed by atoms with E-state index in [2.05, 4.69) is 38.2 Å². The number of nitrogens with zero attached hydrogens (tertiary/aromatic N) is 2. The molecular weight excluding hydrogens is 208 g/mol. The summed E-state index contributed by atoms with van der Waals surface area (Å²) in [6, 6.07) is 0. The maximum absolute atomic E-state index is 6.53. The van der Waals surface area contributed by atoms with Gasteiger partial charge in [-0.1, -0.05) is 26.7 Å². The molecule has 0 aromatic heterocycles. The van der Waals surface area contributed by atoms with E-state index in [1.807, 2.05) is 0 Å². The molecule has 2 atom stereocenters. The predicted octanol–water partition coefficient (Wildman–Crippen LogP) is 3.55. The molecule has 0 fully saturated rings. The number of halogens is 1. The second-order valence-electron chi connectivity index (χ2n) is 4.72. The number of hydrogen-bond acceptors (Lipinski definition) is 1. The average molecular weight is 232 g/mol. The van der Waals surface area contributed by atoms with Crippen molar-refractivity contribution in [3.8, 4) is 0 Å². The molecule has 1 heterocycles. The van der Waals surface area contributed by atoms with Gasteiger partial charge in [-0.15, -0.1) is 0 Å². The van der Waals surface area contributed by atoms with Crippen LogP contribution in [0.1, 0.15) is 39.5 Å². The molecule has 1 rings (SSSR count). The van der Waals surface area contributed by atoms with Crippen LogP contribution in [0.3, 0.4) is 0 Å². The van der Waals surface area contributed by atoms with Crippen LogP contribution in [-0.4, -0.2) is 29.2 Å². The zero-order valence-electron chi connectivity index (χ0n) is 10.2. The summed E-state index contributed by atoms with van der Waals surface area (Å²) in [6.45, 7) is 6.50. The van der Waals surface area contributed by atoms with E-state index in [1.54, 1.807) is 0 Å². The van der Waals surface area contributed by atoms with Gasteiger partial charge in [-0.3, -0.25) is 0 Å². The molecule has 15 heavy (non-hydrogen) atoms. The van der Waals surface area contributed by atoms with Crippen molar-refractivity contribution >= 4 is 11.8 Å². The van der Waals surface area contributed by atoms with Crippen molar-refractivity contribution in [2.45, 2.75) is 39.5 Å². The third-order valence-corrected chi connectivity index (χ3v) is 3.51. The van der Waals surface area contributed by atoms with Gasteiger partial charge in [-0.2, -0.15) is 4.00 Å². The van der Waals surface area contributed by atoms with Gasteiger partial charge in [0.05, 0.1) is 6.20 Å². The number of hydrogen-bond donors (Lipinski definition) is 0. The lowest BCUT2D eigenvalue weighted by atomic mass is 9.99. The molecule has 0 aromatic rings. The van der Waals surface area contributed by atoms with Gasteiger partial charge in [-0.05, 0) is 12.8 Å². The van der Waals surface area contributed by atoms with Crippen molar-refractivity contribution in [2.24, 2.45) is 5.92 Å². The number of unbranched alkanes of at least 4 members (excludes halogenated alkanes) is 1. The minimum absolute atomic E-state index is 0.568. The first-order valence-electron chi connectivity index (χ1n) is 6.05. The lowest BCUT2D eigenvalue weighted by Gasteiger charge is -2.26. The predicted molar refractivity (Wildman–Crippen MR) is 66.1 cm³/mol. The molecule has 3 heteroatoms. The summed E-state index contributed by atoms with van der Waals surface area (Å²) in [7, 11) is 2.08. The molecule has 0 saturated heterocycles. The normalized spacial score (nSPS) is 27.3. The molecule has 1 aliphatic rings. The van der Waals surface area contributed by atoms with E-state index in [-0.39, 0.29) is 0 Å². The monoisotopic (exact) mass is 231 g/mol. The maximum Gasteiger partial charge on any atom is 0.175 e. The van der Waals surface area contributed by atoms with E-state index in [9.17, 15) is 0 Å². The van der Waals surface area contributed by atoms with Crippen molar-refractivity contribution in [2.75, 3.05) is 20.3 Å². The van der Waals surface area contributed by atoms with Crippen LogP contribution in [0.2, 0.25) is 0 Å². The molecule has 0 bridgehead atoms. The highest BCUT2D eigenvalue weighted by molar-refractivity contribution is 6.07. The fraction of sp³-hybridized carbons (Fsp3) is 0.833. The van der Waals surface area contributed by atoms with Crippen LogP contribution in [-0.2, 0) is 0 Å². The number of rotatable bonds is 6. The lowest BCUT2D eigenvalue weighted by Crippen LogP contribution is -2.38. The topological polar surface area (TPSA) is 3.24 Å². The molecular formula is C12H24ClN2+. The second-order valence-corrected chi connectivity index (χ2v) is 5.39. The van der Waals surface area contributed by atoms with Crippen LogP contribution >= 0.6 is 11.8 Å². The van der Waals surface area contributed by atoms with Crippen molar-refractivity contribution < 1.29 is 4.00 Å². The number of quaternary nitrogens is 1. The van der Waals surface area contributed by atoms with Gasteiger partial charge >= 0.3 is 0 Å². The standard InChI is InChI=1S/C12H24ClN2/c1-4-6-7-12(5-2)10-15(13)9-8-14(3)11-15/h8-9,12H,4-7,10-11H2,1-3H3/q+1. The molecule has 88 valence electrons. The molecule has 0 spiro atoms. The van der Waals surface area contributed by atoms with Gasteiger partial charge in [0.25, 0.3) is 0 Å². The highest BCUT2D eigenvalue weighted by Gasteiger charge is 2.32.